The number of nitrogens with two attached hydrogens (primary N) is 1. The van der Waals surface area contributed by atoms with Gasteiger partial charge in [0.1, 0.15) is 0 Å². The Balaban J connectivity index is 0. The first-order valence-corrected chi connectivity index (χ1v) is 5.52. The second-order valence-electron chi connectivity index (χ2n) is 4.26. The fourth-order valence-corrected chi connectivity index (χ4v) is 1.18. The molecule has 3 nitrogen and oxygen atoms in total. The standard InChI is InChI=1S/C11H24N2O.ClH/c1-5-8(2)10(4)13-11(14)7-6-9(3)12;/h8-10H,5-7,12H2,1-4H3,(H,13,14);1H. The molecule has 0 aliphatic heterocycles. The quantitative estimate of drug-likeness (QED) is 0.742. The van der Waals surface area contributed by atoms with E-state index in [0.29, 0.717) is 12.3 Å². The Labute approximate surface area is 99.6 Å². The molecular formula is C11H25ClN2O. The summed E-state index contributed by atoms with van der Waals surface area (Å²) in [4.78, 5) is 11.4. The summed E-state index contributed by atoms with van der Waals surface area (Å²) < 4.78 is 0. The van der Waals surface area contributed by atoms with Crippen molar-refractivity contribution in [3.8, 4) is 0 Å². The zero-order valence-corrected chi connectivity index (χ0v) is 11.1. The lowest BCUT2D eigenvalue weighted by Gasteiger charge is -2.20. The predicted molar refractivity (Wildman–Crippen MR) is 67.2 cm³/mol. The molecule has 0 saturated heterocycles. The summed E-state index contributed by atoms with van der Waals surface area (Å²) in [7, 11) is 0. The van der Waals surface area contributed by atoms with Crippen molar-refractivity contribution in [2.75, 3.05) is 0 Å². The van der Waals surface area contributed by atoms with Crippen molar-refractivity contribution in [3.63, 3.8) is 0 Å². The van der Waals surface area contributed by atoms with Gasteiger partial charge >= 0.3 is 0 Å². The minimum absolute atomic E-state index is 0. The van der Waals surface area contributed by atoms with Gasteiger partial charge in [0.2, 0.25) is 5.91 Å². The van der Waals surface area contributed by atoms with Gasteiger partial charge in [0, 0.05) is 18.5 Å². The van der Waals surface area contributed by atoms with Crippen LogP contribution in [-0.2, 0) is 4.79 Å². The van der Waals surface area contributed by atoms with E-state index in [9.17, 15) is 4.79 Å². The molecule has 0 fully saturated rings. The number of nitrogens with one attached hydrogen (secondary N) is 1. The number of hydrogen-bond donors (Lipinski definition) is 2. The van der Waals surface area contributed by atoms with Crippen LogP contribution in [-0.4, -0.2) is 18.0 Å². The Kier molecular flexibility index (Phi) is 10.3. The summed E-state index contributed by atoms with van der Waals surface area (Å²) in [5.74, 6) is 0.657. The van der Waals surface area contributed by atoms with Crippen LogP contribution in [0.4, 0.5) is 0 Å². The highest BCUT2D eigenvalue weighted by Crippen LogP contribution is 2.07. The summed E-state index contributed by atoms with van der Waals surface area (Å²) in [6.07, 6.45) is 2.40. The summed E-state index contributed by atoms with van der Waals surface area (Å²) in [5, 5.41) is 2.99. The molecule has 92 valence electrons. The number of hydrogen-bond acceptors (Lipinski definition) is 2. The molecule has 3 atom stereocenters. The van der Waals surface area contributed by atoms with E-state index in [1.54, 1.807) is 0 Å². The second kappa shape index (κ2) is 8.98. The third kappa shape index (κ3) is 8.70. The third-order valence-electron chi connectivity index (χ3n) is 2.71. The van der Waals surface area contributed by atoms with Crippen LogP contribution in [0.5, 0.6) is 0 Å². The topological polar surface area (TPSA) is 55.1 Å². The number of halogens is 1. The van der Waals surface area contributed by atoms with E-state index in [4.69, 9.17) is 5.73 Å². The molecule has 0 spiro atoms. The molecule has 1 amide bonds. The Morgan fingerprint density at radius 3 is 2.27 bits per heavy atom. The van der Waals surface area contributed by atoms with E-state index >= 15 is 0 Å². The molecule has 0 aromatic heterocycles. The highest BCUT2D eigenvalue weighted by molar-refractivity contribution is 5.85. The Hall–Kier alpha value is -0.280. The maximum absolute atomic E-state index is 11.4. The Morgan fingerprint density at radius 2 is 1.87 bits per heavy atom. The van der Waals surface area contributed by atoms with Crippen molar-refractivity contribution in [1.29, 1.82) is 0 Å². The number of amides is 1. The molecule has 0 bridgehead atoms. The second-order valence-corrected chi connectivity index (χ2v) is 4.26. The molecule has 0 aromatic carbocycles. The van der Waals surface area contributed by atoms with Gasteiger partial charge in [0.15, 0.2) is 0 Å². The average Bonchev–Trinajstić information content (AvgIpc) is 2.13. The molecule has 3 unspecified atom stereocenters. The van der Waals surface area contributed by atoms with Crippen molar-refractivity contribution >= 4 is 18.3 Å². The first-order chi connectivity index (χ1) is 6.47. The predicted octanol–water partition coefficient (Wildman–Crippen LogP) is 2.09. The average molecular weight is 237 g/mol. The number of rotatable bonds is 6. The minimum Gasteiger partial charge on any atom is -0.353 e. The van der Waals surface area contributed by atoms with Crippen molar-refractivity contribution in [2.45, 2.75) is 59.0 Å². The van der Waals surface area contributed by atoms with E-state index in [1.807, 2.05) is 6.92 Å². The Bertz CT molecular complexity index is 174. The summed E-state index contributed by atoms with van der Waals surface area (Å²) >= 11 is 0. The minimum atomic E-state index is 0. The van der Waals surface area contributed by atoms with Crippen LogP contribution in [0.15, 0.2) is 0 Å². The monoisotopic (exact) mass is 236 g/mol. The molecule has 0 rings (SSSR count). The van der Waals surface area contributed by atoms with Crippen LogP contribution in [0.1, 0.15) is 47.0 Å². The highest BCUT2D eigenvalue weighted by atomic mass is 35.5. The molecule has 0 aliphatic carbocycles. The molecule has 0 radical (unpaired) electrons. The molecular weight excluding hydrogens is 212 g/mol. The van der Waals surface area contributed by atoms with Gasteiger partial charge in [-0.3, -0.25) is 4.79 Å². The molecule has 0 heterocycles. The van der Waals surface area contributed by atoms with Crippen LogP contribution in [0, 0.1) is 5.92 Å². The zero-order chi connectivity index (χ0) is 11.1. The fourth-order valence-electron chi connectivity index (χ4n) is 1.18. The maximum Gasteiger partial charge on any atom is 0.220 e. The van der Waals surface area contributed by atoms with E-state index in [-0.39, 0.29) is 30.4 Å². The van der Waals surface area contributed by atoms with Gasteiger partial charge in [-0.25, -0.2) is 0 Å². The first kappa shape index (κ1) is 17.1. The number of carbonyl (C=O) groups excluding carboxylic acids is 1. The largest absolute Gasteiger partial charge is 0.353 e. The fraction of sp³-hybridized carbons (Fsp3) is 0.909. The summed E-state index contributed by atoms with van der Waals surface area (Å²) in [6, 6.07) is 0.375. The smallest absolute Gasteiger partial charge is 0.220 e. The van der Waals surface area contributed by atoms with Crippen molar-refractivity contribution in [2.24, 2.45) is 11.7 Å². The lowest BCUT2D eigenvalue weighted by Crippen LogP contribution is -2.37. The summed E-state index contributed by atoms with van der Waals surface area (Å²) in [5.41, 5.74) is 5.58. The van der Waals surface area contributed by atoms with E-state index < -0.39 is 0 Å². The van der Waals surface area contributed by atoms with Gasteiger partial charge in [-0.05, 0) is 26.2 Å². The van der Waals surface area contributed by atoms with Crippen molar-refractivity contribution < 1.29 is 4.79 Å². The SMILES string of the molecule is CCC(C)C(C)NC(=O)CCC(C)N.Cl. The van der Waals surface area contributed by atoms with Crippen LogP contribution in [0.3, 0.4) is 0 Å². The van der Waals surface area contributed by atoms with Crippen molar-refractivity contribution in [3.05, 3.63) is 0 Å². The van der Waals surface area contributed by atoms with E-state index in [0.717, 1.165) is 12.8 Å². The van der Waals surface area contributed by atoms with Gasteiger partial charge in [-0.2, -0.15) is 0 Å². The van der Waals surface area contributed by atoms with E-state index in [2.05, 4.69) is 26.1 Å². The molecule has 0 aliphatic rings. The maximum atomic E-state index is 11.4. The first-order valence-electron chi connectivity index (χ1n) is 5.52. The lowest BCUT2D eigenvalue weighted by atomic mass is 10.0. The number of carbonyl (C=O) groups is 1. The van der Waals surface area contributed by atoms with Crippen LogP contribution >= 0.6 is 12.4 Å². The third-order valence-corrected chi connectivity index (χ3v) is 2.71. The van der Waals surface area contributed by atoms with Gasteiger partial charge in [-0.15, -0.1) is 12.4 Å². The van der Waals surface area contributed by atoms with Gasteiger partial charge in [-0.1, -0.05) is 20.3 Å². The Morgan fingerprint density at radius 1 is 1.33 bits per heavy atom. The lowest BCUT2D eigenvalue weighted by molar-refractivity contribution is -0.122. The highest BCUT2D eigenvalue weighted by Gasteiger charge is 2.12. The molecule has 15 heavy (non-hydrogen) atoms. The zero-order valence-electron chi connectivity index (χ0n) is 10.2. The van der Waals surface area contributed by atoms with Gasteiger partial charge in [0.05, 0.1) is 0 Å². The molecule has 0 aromatic rings. The molecule has 0 saturated carbocycles. The van der Waals surface area contributed by atoms with Crippen LogP contribution in [0.25, 0.3) is 0 Å². The molecule has 4 heteroatoms. The van der Waals surface area contributed by atoms with Gasteiger partial charge < -0.3 is 11.1 Å². The van der Waals surface area contributed by atoms with E-state index in [1.165, 1.54) is 0 Å². The molecule has 3 N–H and O–H groups in total. The van der Waals surface area contributed by atoms with Crippen LogP contribution < -0.4 is 11.1 Å². The normalized spacial score (nSPS) is 16.1. The van der Waals surface area contributed by atoms with Crippen molar-refractivity contribution in [1.82, 2.24) is 5.32 Å². The van der Waals surface area contributed by atoms with Gasteiger partial charge in [0.25, 0.3) is 0 Å². The summed E-state index contributed by atoms with van der Waals surface area (Å²) in [6.45, 7) is 8.26. The van der Waals surface area contributed by atoms with Crippen LogP contribution in [0.2, 0.25) is 0 Å².